The van der Waals surface area contributed by atoms with Gasteiger partial charge in [0, 0.05) is 43.2 Å². The molecule has 2 aromatic heterocycles. The van der Waals surface area contributed by atoms with Gasteiger partial charge in [-0.25, -0.2) is 9.97 Å². The van der Waals surface area contributed by atoms with Crippen LogP contribution in [0.25, 0.3) is 10.2 Å². The number of nitrogens with zero attached hydrogens (tertiary/aromatic N) is 4. The first-order valence-electron chi connectivity index (χ1n) is 11.6. The molecule has 0 N–H and O–H groups in total. The maximum absolute atomic E-state index is 5.68. The number of aryl methyl sites for hydroxylation is 1. The Morgan fingerprint density at radius 2 is 1.79 bits per heavy atom. The molecule has 1 saturated heterocycles. The lowest BCUT2D eigenvalue weighted by molar-refractivity contribution is 0.243. The van der Waals surface area contributed by atoms with E-state index in [-0.39, 0.29) is 0 Å². The highest BCUT2D eigenvalue weighted by Crippen LogP contribution is 2.42. The number of thiophene rings is 1. The second kappa shape index (κ2) is 9.35. The zero-order valence-electron chi connectivity index (χ0n) is 19.9. The lowest BCUT2D eigenvalue weighted by Crippen LogP contribution is -2.46. The van der Waals surface area contributed by atoms with Crippen LogP contribution in [0.15, 0.2) is 18.5 Å². The van der Waals surface area contributed by atoms with Crippen molar-refractivity contribution < 1.29 is 14.2 Å². The zero-order valence-corrected chi connectivity index (χ0v) is 20.7. The number of aromatic nitrogens is 2. The van der Waals surface area contributed by atoms with Crippen molar-refractivity contribution in [2.75, 3.05) is 52.4 Å². The Bertz CT molecular complexity index is 1140. The summed E-state index contributed by atoms with van der Waals surface area (Å²) in [5.74, 6) is 3.96. The van der Waals surface area contributed by atoms with Crippen LogP contribution in [0.5, 0.6) is 17.2 Å². The molecule has 5 rings (SSSR count). The summed E-state index contributed by atoms with van der Waals surface area (Å²) in [7, 11) is 4.97. The van der Waals surface area contributed by atoms with Gasteiger partial charge in [-0.05, 0) is 36.8 Å². The first kappa shape index (κ1) is 22.2. The van der Waals surface area contributed by atoms with Crippen LogP contribution >= 0.6 is 11.3 Å². The minimum Gasteiger partial charge on any atom is -0.493 e. The van der Waals surface area contributed by atoms with Gasteiger partial charge in [0.05, 0.1) is 26.7 Å². The Hall–Kier alpha value is -2.58. The van der Waals surface area contributed by atoms with Crippen molar-refractivity contribution >= 4 is 27.4 Å². The molecular formula is C25H32N4O3S. The smallest absolute Gasteiger partial charge is 0.203 e. The first-order chi connectivity index (χ1) is 16.1. The summed E-state index contributed by atoms with van der Waals surface area (Å²) in [6.07, 6.45) is 5.32. The van der Waals surface area contributed by atoms with Gasteiger partial charge >= 0.3 is 0 Å². The van der Waals surface area contributed by atoms with Crippen molar-refractivity contribution in [1.29, 1.82) is 0 Å². The van der Waals surface area contributed by atoms with Crippen LogP contribution < -0.4 is 19.1 Å². The Morgan fingerprint density at radius 1 is 1.00 bits per heavy atom. The standard InChI is InChI=1S/C25H32N4O3S/c1-16-5-7-18-20(13-16)33-25-21(18)24(26-15-27-25)29-11-9-28(10-12-29)14-17-6-8-19(30-2)23(32-4)22(17)31-3/h6,8,15-16H,5,7,9-14H2,1-4H3. The van der Waals surface area contributed by atoms with E-state index in [1.54, 1.807) is 27.7 Å². The van der Waals surface area contributed by atoms with Crippen LogP contribution in [0.4, 0.5) is 5.82 Å². The molecule has 33 heavy (non-hydrogen) atoms. The topological polar surface area (TPSA) is 60.0 Å². The predicted octanol–water partition coefficient (Wildman–Crippen LogP) is 4.16. The number of fused-ring (bicyclic) bond motifs is 3. The summed E-state index contributed by atoms with van der Waals surface area (Å²) in [5.41, 5.74) is 2.61. The van der Waals surface area contributed by atoms with Crippen LogP contribution in [0.2, 0.25) is 0 Å². The van der Waals surface area contributed by atoms with Gasteiger partial charge in [-0.2, -0.15) is 0 Å². The highest BCUT2D eigenvalue weighted by atomic mass is 32.1. The molecule has 3 aromatic rings. The SMILES string of the molecule is COc1ccc(CN2CCN(c3ncnc4sc5c(c34)CCC(C)C5)CC2)c(OC)c1OC. The van der Waals surface area contributed by atoms with E-state index in [9.17, 15) is 0 Å². The summed E-state index contributed by atoms with van der Waals surface area (Å²) in [5, 5.41) is 1.31. The average molecular weight is 469 g/mol. The molecule has 1 aliphatic heterocycles. The number of ether oxygens (including phenoxy) is 3. The fourth-order valence-electron chi connectivity index (χ4n) is 5.14. The van der Waals surface area contributed by atoms with E-state index in [1.807, 2.05) is 17.4 Å². The second-order valence-electron chi connectivity index (χ2n) is 8.99. The van der Waals surface area contributed by atoms with E-state index >= 15 is 0 Å². The third-order valence-corrected chi connectivity index (χ3v) is 8.09. The molecule has 0 amide bonds. The molecule has 7 nitrogen and oxygen atoms in total. The van der Waals surface area contributed by atoms with Gasteiger partial charge in [-0.1, -0.05) is 13.0 Å². The van der Waals surface area contributed by atoms with Gasteiger partial charge in [0.2, 0.25) is 5.75 Å². The summed E-state index contributed by atoms with van der Waals surface area (Å²) >= 11 is 1.87. The van der Waals surface area contributed by atoms with Crippen LogP contribution in [0.1, 0.15) is 29.3 Å². The Labute approximate surface area is 199 Å². The van der Waals surface area contributed by atoms with Crippen LogP contribution in [-0.4, -0.2) is 62.4 Å². The Morgan fingerprint density at radius 3 is 2.52 bits per heavy atom. The minimum absolute atomic E-state index is 0.649. The van der Waals surface area contributed by atoms with Crippen molar-refractivity contribution in [1.82, 2.24) is 14.9 Å². The minimum atomic E-state index is 0.649. The zero-order chi connectivity index (χ0) is 22.9. The predicted molar refractivity (Wildman–Crippen MR) is 132 cm³/mol. The molecule has 0 saturated carbocycles. The van der Waals surface area contributed by atoms with Crippen molar-refractivity contribution in [3.05, 3.63) is 34.5 Å². The van der Waals surface area contributed by atoms with Gasteiger partial charge in [0.1, 0.15) is 17.0 Å². The molecule has 0 radical (unpaired) electrons. The molecule has 3 heterocycles. The van der Waals surface area contributed by atoms with Gasteiger partial charge in [-0.3, -0.25) is 4.90 Å². The van der Waals surface area contributed by atoms with E-state index in [2.05, 4.69) is 27.8 Å². The van der Waals surface area contributed by atoms with Crippen molar-refractivity contribution in [2.24, 2.45) is 5.92 Å². The molecule has 1 atom stereocenters. The average Bonchev–Trinajstić information content (AvgIpc) is 3.21. The van der Waals surface area contributed by atoms with Crippen molar-refractivity contribution in [3.8, 4) is 17.2 Å². The molecule has 1 fully saturated rings. The summed E-state index contributed by atoms with van der Waals surface area (Å²) in [4.78, 5) is 17.0. The normalized spacial score (nSPS) is 18.9. The maximum Gasteiger partial charge on any atom is 0.203 e. The summed E-state index contributed by atoms with van der Waals surface area (Å²) in [6, 6.07) is 4.02. The second-order valence-corrected chi connectivity index (χ2v) is 10.1. The monoisotopic (exact) mass is 468 g/mol. The van der Waals surface area contributed by atoms with Crippen LogP contribution in [-0.2, 0) is 19.4 Å². The highest BCUT2D eigenvalue weighted by Gasteiger charge is 2.27. The number of piperazine rings is 1. The molecule has 0 spiro atoms. The number of hydrogen-bond acceptors (Lipinski definition) is 8. The lowest BCUT2D eigenvalue weighted by atomic mass is 9.89. The Kier molecular flexibility index (Phi) is 6.29. The van der Waals surface area contributed by atoms with E-state index in [1.165, 1.54) is 28.7 Å². The molecule has 8 heteroatoms. The maximum atomic E-state index is 5.68. The van der Waals surface area contributed by atoms with Crippen LogP contribution in [0, 0.1) is 5.92 Å². The molecule has 1 aliphatic carbocycles. The van der Waals surface area contributed by atoms with Gasteiger partial charge in [-0.15, -0.1) is 11.3 Å². The Balaban J connectivity index is 1.33. The fraction of sp³-hybridized carbons (Fsp3) is 0.520. The summed E-state index contributed by atoms with van der Waals surface area (Å²) < 4.78 is 16.7. The molecule has 1 aromatic carbocycles. The molecule has 0 bridgehead atoms. The number of hydrogen-bond donors (Lipinski definition) is 0. The lowest BCUT2D eigenvalue weighted by Gasteiger charge is -2.36. The third kappa shape index (κ3) is 4.10. The molecule has 1 unspecified atom stereocenters. The van der Waals surface area contributed by atoms with E-state index < -0.39 is 0 Å². The number of methoxy groups -OCH3 is 3. The molecular weight excluding hydrogens is 436 g/mol. The molecule has 176 valence electrons. The van der Waals surface area contributed by atoms with Crippen LogP contribution in [0.3, 0.4) is 0 Å². The number of rotatable bonds is 6. The quantitative estimate of drug-likeness (QED) is 0.538. The van der Waals surface area contributed by atoms with Gasteiger partial charge < -0.3 is 19.1 Å². The largest absolute Gasteiger partial charge is 0.493 e. The highest BCUT2D eigenvalue weighted by molar-refractivity contribution is 7.19. The van der Waals surface area contributed by atoms with Crippen molar-refractivity contribution in [2.45, 2.75) is 32.7 Å². The van der Waals surface area contributed by atoms with E-state index in [4.69, 9.17) is 19.2 Å². The first-order valence-corrected chi connectivity index (χ1v) is 12.4. The number of benzene rings is 1. The third-order valence-electron chi connectivity index (χ3n) is 6.92. The van der Waals surface area contributed by atoms with Crippen molar-refractivity contribution in [3.63, 3.8) is 0 Å². The summed E-state index contributed by atoms with van der Waals surface area (Å²) in [6.45, 7) is 6.99. The van der Waals surface area contributed by atoms with E-state index in [0.717, 1.165) is 67.0 Å². The van der Waals surface area contributed by atoms with E-state index in [0.29, 0.717) is 11.5 Å². The number of anilines is 1. The molecule has 2 aliphatic rings. The van der Waals surface area contributed by atoms with Gasteiger partial charge in [0.25, 0.3) is 0 Å². The van der Waals surface area contributed by atoms with Gasteiger partial charge in [0.15, 0.2) is 11.5 Å². The fourth-order valence-corrected chi connectivity index (χ4v) is 6.49.